The minimum absolute atomic E-state index is 0.115. The highest BCUT2D eigenvalue weighted by atomic mass is 16.7. The molecule has 252 valence electrons. The van der Waals surface area contributed by atoms with Gasteiger partial charge in [0.15, 0.2) is 0 Å². The largest absolute Gasteiger partial charge is 0.478 e. The molecular weight excluding hydrogens is 626 g/mol. The number of benzene rings is 4. The highest BCUT2D eigenvalue weighted by molar-refractivity contribution is 6.03. The van der Waals surface area contributed by atoms with Crippen molar-refractivity contribution in [1.29, 1.82) is 0 Å². The number of oxime groups is 1. The molecule has 1 fully saturated rings. The number of aryl methyl sites for hydroxylation is 1. The van der Waals surface area contributed by atoms with E-state index in [4.69, 9.17) is 9.82 Å². The Morgan fingerprint density at radius 3 is 2.24 bits per heavy atom. The Labute approximate surface area is 291 Å². The number of H-pyrrole nitrogens is 1. The fourth-order valence-corrected chi connectivity index (χ4v) is 6.37. The topological polar surface area (TPSA) is 120 Å². The summed E-state index contributed by atoms with van der Waals surface area (Å²) in [5, 5.41) is 16.3. The zero-order valence-corrected chi connectivity index (χ0v) is 27.7. The molecule has 4 aromatic carbocycles. The number of rotatable bonds is 12. The zero-order chi connectivity index (χ0) is 34.3. The lowest BCUT2D eigenvalue weighted by Crippen LogP contribution is -2.22. The van der Waals surface area contributed by atoms with E-state index in [1.165, 1.54) is 24.1 Å². The van der Waals surface area contributed by atoms with Crippen molar-refractivity contribution >= 4 is 29.4 Å². The van der Waals surface area contributed by atoms with Gasteiger partial charge in [-0.25, -0.2) is 9.78 Å². The van der Waals surface area contributed by atoms with Crippen LogP contribution < -0.4 is 10.2 Å². The Morgan fingerprint density at radius 2 is 1.54 bits per heavy atom. The molecule has 0 aliphatic carbocycles. The molecule has 2 aliphatic rings. The number of hydrogen-bond acceptors (Lipinski definition) is 6. The van der Waals surface area contributed by atoms with Crippen LogP contribution in [0.2, 0.25) is 0 Å². The van der Waals surface area contributed by atoms with Crippen LogP contribution in [0.3, 0.4) is 0 Å². The number of carbonyl (C=O) groups excluding carboxylic acids is 1. The van der Waals surface area contributed by atoms with Gasteiger partial charge in [0, 0.05) is 54.5 Å². The van der Waals surface area contributed by atoms with Crippen molar-refractivity contribution in [2.75, 3.05) is 24.5 Å². The molecule has 50 heavy (non-hydrogen) atoms. The molecule has 1 saturated heterocycles. The predicted molar refractivity (Wildman–Crippen MR) is 197 cm³/mol. The van der Waals surface area contributed by atoms with E-state index in [-0.39, 0.29) is 12.3 Å². The summed E-state index contributed by atoms with van der Waals surface area (Å²) in [6.07, 6.45) is 6.91. The van der Waals surface area contributed by atoms with Gasteiger partial charge >= 0.3 is 5.97 Å². The normalized spacial score (nSPS) is 15.6. The van der Waals surface area contributed by atoms with Gasteiger partial charge in [-0.15, -0.1) is 0 Å². The lowest BCUT2D eigenvalue weighted by molar-refractivity contribution is -0.148. The fourth-order valence-electron chi connectivity index (χ4n) is 6.37. The van der Waals surface area contributed by atoms with Crippen molar-refractivity contribution in [1.82, 2.24) is 15.3 Å². The maximum atomic E-state index is 12.5. The van der Waals surface area contributed by atoms with E-state index in [9.17, 15) is 14.7 Å². The smallest absolute Gasteiger partial charge is 0.348 e. The van der Waals surface area contributed by atoms with E-state index in [1.54, 1.807) is 6.08 Å². The molecule has 1 atom stereocenters. The van der Waals surface area contributed by atoms with Crippen molar-refractivity contribution in [3.8, 4) is 33.9 Å². The molecule has 0 spiro atoms. The highest BCUT2D eigenvalue weighted by Crippen LogP contribution is 2.34. The fraction of sp³-hybridized carbons (Fsp3) is 0.220. The molecule has 9 nitrogen and oxygen atoms in total. The number of anilines is 1. The third-order valence-corrected chi connectivity index (χ3v) is 9.16. The molecule has 0 radical (unpaired) electrons. The van der Waals surface area contributed by atoms with Crippen LogP contribution >= 0.6 is 0 Å². The molecule has 9 heteroatoms. The third-order valence-electron chi connectivity index (χ3n) is 9.16. The Balaban J connectivity index is 1.09. The molecule has 0 saturated carbocycles. The van der Waals surface area contributed by atoms with Crippen LogP contribution in [0.5, 0.6) is 0 Å². The van der Waals surface area contributed by atoms with Gasteiger partial charge in [-0.2, -0.15) is 0 Å². The van der Waals surface area contributed by atoms with E-state index >= 15 is 0 Å². The first-order chi connectivity index (χ1) is 24.5. The number of nitrogens with zero attached hydrogens (tertiary/aromatic N) is 3. The van der Waals surface area contributed by atoms with Crippen molar-refractivity contribution in [3.63, 3.8) is 0 Å². The number of nitrogens with one attached hydrogen (secondary N) is 2. The molecule has 7 rings (SSSR count). The van der Waals surface area contributed by atoms with Gasteiger partial charge in [-0.1, -0.05) is 84.0 Å². The molecule has 1 aromatic heterocycles. The van der Waals surface area contributed by atoms with E-state index in [2.05, 4.69) is 56.8 Å². The second-order valence-corrected chi connectivity index (χ2v) is 12.6. The third kappa shape index (κ3) is 7.68. The molecule has 0 bridgehead atoms. The molecule has 2 aliphatic heterocycles. The van der Waals surface area contributed by atoms with Gasteiger partial charge in [0.05, 0.1) is 17.1 Å². The monoisotopic (exact) mass is 665 g/mol. The van der Waals surface area contributed by atoms with Crippen LogP contribution in [0.15, 0.2) is 114 Å². The first-order valence-corrected chi connectivity index (χ1v) is 17.1. The van der Waals surface area contributed by atoms with Gasteiger partial charge in [0.1, 0.15) is 5.82 Å². The van der Waals surface area contributed by atoms with Gasteiger partial charge < -0.3 is 25.1 Å². The summed E-state index contributed by atoms with van der Waals surface area (Å²) in [5.41, 5.74) is 9.33. The summed E-state index contributed by atoms with van der Waals surface area (Å²) in [7, 11) is 0. The van der Waals surface area contributed by atoms with Crippen LogP contribution in [0.4, 0.5) is 5.69 Å². The summed E-state index contributed by atoms with van der Waals surface area (Å²) in [4.78, 5) is 40.0. The first kappa shape index (κ1) is 32.6. The van der Waals surface area contributed by atoms with Crippen LogP contribution in [0, 0.1) is 0 Å². The quantitative estimate of drug-likeness (QED) is 0.0947. The van der Waals surface area contributed by atoms with Gasteiger partial charge in [0.25, 0.3) is 0 Å². The number of hydrogen-bond donors (Lipinski definition) is 3. The predicted octanol–water partition coefficient (Wildman–Crippen LogP) is 7.35. The Kier molecular flexibility index (Phi) is 9.82. The number of carboxylic acids is 1. The maximum absolute atomic E-state index is 12.5. The lowest BCUT2D eigenvalue weighted by Gasteiger charge is -2.17. The van der Waals surface area contributed by atoms with Crippen molar-refractivity contribution < 1.29 is 19.5 Å². The molecular formula is C41H39N5O4. The van der Waals surface area contributed by atoms with Crippen molar-refractivity contribution in [3.05, 3.63) is 126 Å². The van der Waals surface area contributed by atoms with Crippen molar-refractivity contribution in [2.45, 2.75) is 38.2 Å². The molecule has 3 heterocycles. The summed E-state index contributed by atoms with van der Waals surface area (Å²) < 4.78 is 0. The number of aromatic nitrogens is 2. The summed E-state index contributed by atoms with van der Waals surface area (Å²) in [6, 6.07) is 34.6. The minimum atomic E-state index is -1.03. The van der Waals surface area contributed by atoms with E-state index in [1.807, 2.05) is 72.8 Å². The van der Waals surface area contributed by atoms with E-state index < -0.39 is 12.1 Å². The molecule has 3 N–H and O–H groups in total. The second kappa shape index (κ2) is 15.1. The molecule has 1 amide bonds. The van der Waals surface area contributed by atoms with Crippen LogP contribution in [-0.2, 0) is 20.8 Å². The number of carboxylic acid groups (broad SMARTS) is 1. The average Bonchev–Trinajstić information content (AvgIpc) is 3.96. The van der Waals surface area contributed by atoms with Gasteiger partial charge in [0.2, 0.25) is 12.0 Å². The zero-order valence-electron chi connectivity index (χ0n) is 27.7. The number of aliphatic carboxylic acids is 1. The first-order valence-electron chi connectivity index (χ1n) is 17.1. The molecule has 5 aromatic rings. The summed E-state index contributed by atoms with van der Waals surface area (Å²) in [5.74, 6) is -0.380. The minimum Gasteiger partial charge on any atom is -0.478 e. The van der Waals surface area contributed by atoms with E-state index in [0.29, 0.717) is 12.3 Å². The number of aromatic amines is 1. The summed E-state index contributed by atoms with van der Waals surface area (Å²) >= 11 is 0. The van der Waals surface area contributed by atoms with Crippen LogP contribution in [-0.4, -0.2) is 58.4 Å². The molecule has 1 unspecified atom stereocenters. The number of amides is 1. The lowest BCUT2D eigenvalue weighted by atomic mass is 10.00. The number of imidazole rings is 1. The summed E-state index contributed by atoms with van der Waals surface area (Å²) in [6.45, 7) is 2.80. The van der Waals surface area contributed by atoms with Gasteiger partial charge in [-0.3, -0.25) is 4.79 Å². The van der Waals surface area contributed by atoms with Crippen LogP contribution in [0.25, 0.3) is 40.0 Å². The number of carbonyl (C=O) groups is 2. The Bertz CT molecular complexity index is 1990. The van der Waals surface area contributed by atoms with E-state index in [0.717, 1.165) is 71.0 Å². The SMILES string of the molecule is O=C(C=Cc1ccc(-c2[nH]c(-c3ccc(N4CCCC4)cc3)nc2-c2ccc(C3=NOC(C(=O)O)C3)cc2)cc1)NCCCc1ccccc1. The van der Waals surface area contributed by atoms with Gasteiger partial charge in [-0.05, 0) is 72.7 Å². The van der Waals surface area contributed by atoms with Crippen LogP contribution in [0.1, 0.15) is 42.4 Å². The Morgan fingerprint density at radius 1 is 0.860 bits per heavy atom. The second-order valence-electron chi connectivity index (χ2n) is 12.6. The Hall–Kier alpha value is -5.96. The highest BCUT2D eigenvalue weighted by Gasteiger charge is 2.28. The van der Waals surface area contributed by atoms with Crippen molar-refractivity contribution in [2.24, 2.45) is 5.16 Å². The maximum Gasteiger partial charge on any atom is 0.348 e. The average molecular weight is 666 g/mol. The standard InChI is InChI=1S/C41H39N5O4/c47-37(42-24-6-9-28-7-2-1-3-8-28)23-12-29-10-13-31(14-11-29)38-39(32-17-15-30(16-18-32)35-27-36(41(48)49)50-45-35)44-40(43-38)33-19-21-34(22-20-33)46-25-4-5-26-46/h1-3,7-8,10-23,36H,4-6,9,24-27H2,(H,42,47)(H,43,44)(H,48,49).